The lowest BCUT2D eigenvalue weighted by atomic mass is 10.2. The Balaban J connectivity index is 2.01. The first kappa shape index (κ1) is 15.7. The Labute approximate surface area is 126 Å². The van der Waals surface area contributed by atoms with Crippen molar-refractivity contribution in [3.63, 3.8) is 0 Å². The van der Waals surface area contributed by atoms with Crippen LogP contribution >= 0.6 is 11.6 Å². The highest BCUT2D eigenvalue weighted by atomic mass is 35.5. The molecule has 8 heteroatoms. The van der Waals surface area contributed by atoms with Gasteiger partial charge in [0.15, 0.2) is 0 Å². The molecule has 1 atom stereocenters. The Bertz CT molecular complexity index is 549. The van der Waals surface area contributed by atoms with Crippen molar-refractivity contribution in [2.24, 2.45) is 0 Å². The van der Waals surface area contributed by atoms with Gasteiger partial charge in [-0.05, 0) is 13.0 Å². The van der Waals surface area contributed by atoms with Crippen LogP contribution in [0.4, 0.5) is 4.39 Å². The van der Waals surface area contributed by atoms with E-state index in [1.165, 1.54) is 0 Å². The van der Waals surface area contributed by atoms with Gasteiger partial charge in [-0.25, -0.2) is 9.37 Å². The lowest BCUT2D eigenvalue weighted by molar-refractivity contribution is -0.136. The third-order valence-electron chi connectivity index (χ3n) is 3.09. The van der Waals surface area contributed by atoms with Gasteiger partial charge in [0.2, 0.25) is 5.91 Å². The van der Waals surface area contributed by atoms with Gasteiger partial charge >= 0.3 is 0 Å². The fourth-order valence-electron chi connectivity index (χ4n) is 1.98. The fourth-order valence-corrected chi connectivity index (χ4v) is 2.16. The second kappa shape index (κ2) is 6.82. The van der Waals surface area contributed by atoms with Gasteiger partial charge in [0.25, 0.3) is 5.91 Å². The second-order valence-electron chi connectivity index (χ2n) is 4.62. The summed E-state index contributed by atoms with van der Waals surface area (Å²) in [5.74, 6) is -1.52. The predicted molar refractivity (Wildman–Crippen MR) is 73.5 cm³/mol. The summed E-state index contributed by atoms with van der Waals surface area (Å²) in [7, 11) is 0. The summed E-state index contributed by atoms with van der Waals surface area (Å²) in [6.07, 6.45) is 0.918. The van der Waals surface area contributed by atoms with Crippen LogP contribution < -0.4 is 5.32 Å². The predicted octanol–water partition coefficient (Wildman–Crippen LogP) is 0.851. The van der Waals surface area contributed by atoms with E-state index in [9.17, 15) is 14.0 Å². The number of rotatable bonds is 3. The Hall–Kier alpha value is -1.73. The number of nitrogens with zero attached hydrogens (tertiary/aromatic N) is 2. The minimum absolute atomic E-state index is 0.0988. The summed E-state index contributed by atoms with van der Waals surface area (Å²) in [6, 6.07) is 0.242. The largest absolute Gasteiger partial charge is 0.378 e. The van der Waals surface area contributed by atoms with Crippen molar-refractivity contribution in [2.45, 2.75) is 13.0 Å². The number of halogens is 2. The van der Waals surface area contributed by atoms with Crippen molar-refractivity contribution in [3.05, 3.63) is 28.8 Å². The number of ether oxygens (including phenoxy) is 1. The SMILES string of the molecule is CC(NC(=O)c1cc(F)cnc1Cl)C(=O)N1CCOCC1. The number of hydrogen-bond acceptors (Lipinski definition) is 4. The molecule has 2 heterocycles. The molecule has 6 nitrogen and oxygen atoms in total. The summed E-state index contributed by atoms with van der Waals surface area (Å²) in [5, 5.41) is 2.39. The van der Waals surface area contributed by atoms with Crippen LogP contribution in [-0.2, 0) is 9.53 Å². The van der Waals surface area contributed by atoms with Gasteiger partial charge in [0.1, 0.15) is 17.0 Å². The second-order valence-corrected chi connectivity index (χ2v) is 4.98. The standard InChI is InChI=1S/C13H15ClFN3O3/c1-8(13(20)18-2-4-21-5-3-18)17-12(19)10-6-9(15)7-16-11(10)14/h6-8H,2-5H2,1H3,(H,17,19). The Morgan fingerprint density at radius 3 is 2.81 bits per heavy atom. The number of carbonyl (C=O) groups is 2. The molecular formula is C13H15ClFN3O3. The third kappa shape index (κ3) is 3.89. The van der Waals surface area contributed by atoms with Gasteiger partial charge in [0, 0.05) is 13.1 Å². The molecule has 1 aliphatic heterocycles. The lowest BCUT2D eigenvalue weighted by Gasteiger charge is -2.29. The number of carbonyl (C=O) groups excluding carboxylic acids is 2. The molecule has 0 aliphatic carbocycles. The summed E-state index contributed by atoms with van der Waals surface area (Å²) < 4.78 is 18.3. The number of amides is 2. The molecular weight excluding hydrogens is 301 g/mol. The van der Waals surface area contributed by atoms with Crippen LogP contribution in [0, 0.1) is 5.82 Å². The number of morpholine rings is 1. The maximum Gasteiger partial charge on any atom is 0.255 e. The molecule has 0 radical (unpaired) electrons. The molecule has 21 heavy (non-hydrogen) atoms. The van der Waals surface area contributed by atoms with E-state index in [4.69, 9.17) is 16.3 Å². The van der Waals surface area contributed by atoms with Crippen LogP contribution in [-0.4, -0.2) is 54.0 Å². The summed E-state index contributed by atoms with van der Waals surface area (Å²) in [6.45, 7) is 3.50. The van der Waals surface area contributed by atoms with Crippen LogP contribution in [0.15, 0.2) is 12.3 Å². The van der Waals surface area contributed by atoms with Gasteiger partial charge in [-0.1, -0.05) is 11.6 Å². The van der Waals surface area contributed by atoms with Crippen LogP contribution in [0.3, 0.4) is 0 Å². The zero-order valence-electron chi connectivity index (χ0n) is 11.4. The minimum Gasteiger partial charge on any atom is -0.378 e. The Morgan fingerprint density at radius 1 is 1.48 bits per heavy atom. The maximum absolute atomic E-state index is 13.1. The number of hydrogen-bond donors (Lipinski definition) is 1. The highest BCUT2D eigenvalue weighted by Crippen LogP contribution is 2.14. The van der Waals surface area contributed by atoms with Gasteiger partial charge in [-0.3, -0.25) is 9.59 Å². The average Bonchev–Trinajstić information content (AvgIpc) is 2.49. The van der Waals surface area contributed by atoms with Crippen LogP contribution in [0.25, 0.3) is 0 Å². The molecule has 2 rings (SSSR count). The monoisotopic (exact) mass is 315 g/mol. The van der Waals surface area contributed by atoms with Gasteiger partial charge in [-0.2, -0.15) is 0 Å². The van der Waals surface area contributed by atoms with Crippen LogP contribution in [0.1, 0.15) is 17.3 Å². The first-order chi connectivity index (χ1) is 9.99. The zero-order valence-corrected chi connectivity index (χ0v) is 12.2. The molecule has 1 aromatic heterocycles. The van der Waals surface area contributed by atoms with Gasteiger partial charge in [-0.15, -0.1) is 0 Å². The van der Waals surface area contributed by atoms with E-state index in [1.807, 2.05) is 0 Å². The molecule has 1 fully saturated rings. The van der Waals surface area contributed by atoms with Gasteiger partial charge < -0.3 is 15.0 Å². The number of aromatic nitrogens is 1. The molecule has 1 unspecified atom stereocenters. The molecule has 0 saturated carbocycles. The van der Waals surface area contributed by atoms with Crippen LogP contribution in [0.5, 0.6) is 0 Å². The maximum atomic E-state index is 13.1. The highest BCUT2D eigenvalue weighted by molar-refractivity contribution is 6.32. The van der Waals surface area contributed by atoms with Crippen molar-refractivity contribution < 1.29 is 18.7 Å². The molecule has 114 valence electrons. The summed E-state index contributed by atoms with van der Waals surface area (Å²) >= 11 is 5.75. The van der Waals surface area contributed by atoms with E-state index in [1.54, 1.807) is 11.8 Å². The van der Waals surface area contributed by atoms with E-state index in [0.717, 1.165) is 12.3 Å². The van der Waals surface area contributed by atoms with Gasteiger partial charge in [0.05, 0.1) is 25.0 Å². The summed E-state index contributed by atoms with van der Waals surface area (Å²) in [5.41, 5.74) is -0.0988. The first-order valence-corrected chi connectivity index (χ1v) is 6.85. The van der Waals surface area contributed by atoms with E-state index in [-0.39, 0.29) is 16.6 Å². The van der Waals surface area contributed by atoms with E-state index in [2.05, 4.69) is 10.3 Å². The topological polar surface area (TPSA) is 71.5 Å². The van der Waals surface area contributed by atoms with E-state index in [0.29, 0.717) is 26.3 Å². The molecule has 0 bridgehead atoms. The van der Waals surface area contributed by atoms with Crippen molar-refractivity contribution in [1.29, 1.82) is 0 Å². The number of pyridine rings is 1. The minimum atomic E-state index is -0.741. The van der Waals surface area contributed by atoms with Crippen molar-refractivity contribution in [1.82, 2.24) is 15.2 Å². The number of nitrogens with one attached hydrogen (secondary N) is 1. The lowest BCUT2D eigenvalue weighted by Crippen LogP contribution is -2.50. The molecule has 2 amide bonds. The molecule has 1 N–H and O–H groups in total. The van der Waals surface area contributed by atoms with Crippen molar-refractivity contribution in [2.75, 3.05) is 26.3 Å². The molecule has 1 saturated heterocycles. The Morgan fingerprint density at radius 2 is 2.14 bits per heavy atom. The Kier molecular flexibility index (Phi) is 5.08. The van der Waals surface area contributed by atoms with Crippen molar-refractivity contribution >= 4 is 23.4 Å². The average molecular weight is 316 g/mol. The smallest absolute Gasteiger partial charge is 0.255 e. The molecule has 0 spiro atoms. The van der Waals surface area contributed by atoms with Crippen LogP contribution in [0.2, 0.25) is 5.15 Å². The normalized spacial score (nSPS) is 16.4. The summed E-state index contributed by atoms with van der Waals surface area (Å²) in [4.78, 5) is 29.3. The van der Waals surface area contributed by atoms with E-state index >= 15 is 0 Å². The third-order valence-corrected chi connectivity index (χ3v) is 3.39. The van der Waals surface area contributed by atoms with E-state index < -0.39 is 17.8 Å². The first-order valence-electron chi connectivity index (χ1n) is 6.47. The van der Waals surface area contributed by atoms with Crippen molar-refractivity contribution in [3.8, 4) is 0 Å². The molecule has 1 aliphatic rings. The molecule has 1 aromatic rings. The quantitative estimate of drug-likeness (QED) is 0.840. The fraction of sp³-hybridized carbons (Fsp3) is 0.462. The highest BCUT2D eigenvalue weighted by Gasteiger charge is 2.25. The zero-order chi connectivity index (χ0) is 15.4. The molecule has 0 aromatic carbocycles.